The van der Waals surface area contributed by atoms with Crippen LogP contribution in [0.15, 0.2) is 4.47 Å². The van der Waals surface area contributed by atoms with Gasteiger partial charge in [-0.15, -0.1) is 0 Å². The van der Waals surface area contributed by atoms with Gasteiger partial charge in [-0.05, 0) is 42.6 Å². The number of rotatable bonds is 3. The van der Waals surface area contributed by atoms with Crippen LogP contribution >= 0.6 is 15.9 Å². The summed E-state index contributed by atoms with van der Waals surface area (Å²) in [5, 5.41) is 4.45. The number of aryl methyl sites for hydroxylation is 2. The predicted molar refractivity (Wildman–Crippen MR) is 69.6 cm³/mol. The van der Waals surface area contributed by atoms with E-state index < -0.39 is 0 Å². The molecule has 1 saturated heterocycles. The summed E-state index contributed by atoms with van der Waals surface area (Å²) in [5.74, 6) is 0.268. The van der Waals surface area contributed by atoms with Crippen LogP contribution in [0.3, 0.4) is 0 Å². The first-order chi connectivity index (χ1) is 8.13. The van der Waals surface area contributed by atoms with Crippen LogP contribution in [0, 0.1) is 6.92 Å². The lowest BCUT2D eigenvalue weighted by atomic mass is 10.1. The zero-order chi connectivity index (χ0) is 12.4. The van der Waals surface area contributed by atoms with E-state index in [2.05, 4.69) is 28.0 Å². The van der Waals surface area contributed by atoms with Gasteiger partial charge in [0, 0.05) is 19.5 Å². The Labute approximate surface area is 110 Å². The topological polar surface area (TPSA) is 38.1 Å². The van der Waals surface area contributed by atoms with Crippen molar-refractivity contribution in [2.45, 2.75) is 46.2 Å². The summed E-state index contributed by atoms with van der Waals surface area (Å²) in [6.07, 6.45) is 2.84. The van der Waals surface area contributed by atoms with Crippen molar-refractivity contribution in [1.29, 1.82) is 0 Å². The summed E-state index contributed by atoms with van der Waals surface area (Å²) < 4.78 is 3.01. The first-order valence-corrected chi connectivity index (χ1v) is 6.92. The average molecular weight is 300 g/mol. The largest absolute Gasteiger partial charge is 0.337 e. The van der Waals surface area contributed by atoms with Gasteiger partial charge in [-0.1, -0.05) is 0 Å². The maximum atomic E-state index is 11.8. The van der Waals surface area contributed by atoms with E-state index in [0.717, 1.165) is 41.8 Å². The molecule has 2 rings (SSSR count). The zero-order valence-corrected chi connectivity index (χ0v) is 12.0. The molecule has 0 bridgehead atoms. The maximum absolute atomic E-state index is 11.8. The van der Waals surface area contributed by atoms with Gasteiger partial charge in [0.15, 0.2) is 0 Å². The molecule has 0 spiro atoms. The second kappa shape index (κ2) is 5.21. The molecule has 0 aromatic carbocycles. The van der Waals surface area contributed by atoms with Crippen molar-refractivity contribution in [3.05, 3.63) is 15.9 Å². The number of halogens is 1. The Balaban J connectivity index is 2.19. The smallest absolute Gasteiger partial charge is 0.222 e. The van der Waals surface area contributed by atoms with Crippen LogP contribution in [0.25, 0.3) is 0 Å². The summed E-state index contributed by atoms with van der Waals surface area (Å²) in [6.45, 7) is 6.44. The van der Waals surface area contributed by atoms with Crippen molar-refractivity contribution in [3.8, 4) is 0 Å². The quantitative estimate of drug-likeness (QED) is 0.860. The van der Waals surface area contributed by atoms with Gasteiger partial charge in [0.25, 0.3) is 0 Å². The summed E-state index contributed by atoms with van der Waals surface area (Å²) in [5.41, 5.74) is 2.10. The molecule has 1 aromatic rings. The number of nitrogens with zero attached hydrogens (tertiary/aromatic N) is 3. The van der Waals surface area contributed by atoms with E-state index >= 15 is 0 Å². The summed E-state index contributed by atoms with van der Waals surface area (Å²) >= 11 is 3.57. The molecule has 4 nitrogen and oxygen atoms in total. The lowest BCUT2D eigenvalue weighted by Crippen LogP contribution is -2.35. The molecule has 0 unspecified atom stereocenters. The van der Waals surface area contributed by atoms with E-state index in [1.54, 1.807) is 0 Å². The number of piperidine rings is 1. The van der Waals surface area contributed by atoms with Crippen LogP contribution in [0.5, 0.6) is 0 Å². The summed E-state index contributed by atoms with van der Waals surface area (Å²) in [4.78, 5) is 13.7. The van der Waals surface area contributed by atoms with Gasteiger partial charge in [0.1, 0.15) is 0 Å². The molecule has 1 amide bonds. The number of aromatic nitrogens is 2. The molecular weight excluding hydrogens is 282 g/mol. The molecule has 0 saturated carbocycles. The number of hydrogen-bond acceptors (Lipinski definition) is 2. The van der Waals surface area contributed by atoms with E-state index in [1.165, 1.54) is 0 Å². The van der Waals surface area contributed by atoms with E-state index in [9.17, 15) is 4.79 Å². The second-order valence-corrected chi connectivity index (χ2v) is 5.23. The van der Waals surface area contributed by atoms with Gasteiger partial charge >= 0.3 is 0 Å². The highest BCUT2D eigenvalue weighted by Crippen LogP contribution is 2.24. The van der Waals surface area contributed by atoms with Crippen molar-refractivity contribution < 1.29 is 4.79 Å². The Morgan fingerprint density at radius 1 is 1.41 bits per heavy atom. The second-order valence-electron chi connectivity index (χ2n) is 4.43. The number of likely N-dealkylation sites (tertiary alicyclic amines) is 1. The monoisotopic (exact) mass is 299 g/mol. The van der Waals surface area contributed by atoms with E-state index in [4.69, 9.17) is 0 Å². The third kappa shape index (κ3) is 2.54. The van der Waals surface area contributed by atoms with Crippen molar-refractivity contribution in [1.82, 2.24) is 14.7 Å². The molecule has 1 aliphatic heterocycles. The Morgan fingerprint density at radius 3 is 2.82 bits per heavy atom. The maximum Gasteiger partial charge on any atom is 0.222 e. The highest BCUT2D eigenvalue weighted by Gasteiger charge is 2.21. The zero-order valence-electron chi connectivity index (χ0n) is 10.4. The Hall–Kier alpha value is -0.840. The Kier molecular flexibility index (Phi) is 3.86. The molecule has 1 fully saturated rings. The van der Waals surface area contributed by atoms with Crippen molar-refractivity contribution in [2.75, 3.05) is 6.54 Å². The SMILES string of the molecule is CCn1nc(C)c(Br)c1CN1CCCCC1=O. The van der Waals surface area contributed by atoms with Crippen LogP contribution in [-0.2, 0) is 17.9 Å². The number of carbonyl (C=O) groups excluding carboxylic acids is 1. The number of amides is 1. The fourth-order valence-electron chi connectivity index (χ4n) is 2.23. The molecule has 5 heteroatoms. The highest BCUT2D eigenvalue weighted by atomic mass is 79.9. The molecule has 1 aliphatic rings. The Morgan fingerprint density at radius 2 is 2.18 bits per heavy atom. The number of hydrogen-bond donors (Lipinski definition) is 0. The summed E-state index contributed by atoms with van der Waals surface area (Å²) in [6, 6.07) is 0. The molecule has 2 heterocycles. The first kappa shape index (κ1) is 12.6. The van der Waals surface area contributed by atoms with Gasteiger partial charge < -0.3 is 4.90 Å². The van der Waals surface area contributed by atoms with Crippen molar-refractivity contribution >= 4 is 21.8 Å². The molecule has 0 N–H and O–H groups in total. The minimum atomic E-state index is 0.268. The lowest BCUT2D eigenvalue weighted by Gasteiger charge is -2.27. The van der Waals surface area contributed by atoms with Crippen LogP contribution in [0.1, 0.15) is 37.6 Å². The third-order valence-electron chi connectivity index (χ3n) is 3.21. The van der Waals surface area contributed by atoms with E-state index in [1.807, 2.05) is 16.5 Å². The predicted octanol–water partition coefficient (Wildman–Crippen LogP) is 2.49. The van der Waals surface area contributed by atoms with Gasteiger partial charge in [-0.2, -0.15) is 5.10 Å². The van der Waals surface area contributed by atoms with Crippen molar-refractivity contribution in [2.24, 2.45) is 0 Å². The van der Waals surface area contributed by atoms with Gasteiger partial charge in [-0.3, -0.25) is 9.48 Å². The molecule has 0 radical (unpaired) electrons. The van der Waals surface area contributed by atoms with Crippen LogP contribution in [0.4, 0.5) is 0 Å². The fourth-order valence-corrected chi connectivity index (χ4v) is 2.64. The molecule has 94 valence electrons. The lowest BCUT2D eigenvalue weighted by molar-refractivity contribution is -0.134. The standard InChI is InChI=1S/C12H18BrN3O/c1-3-16-10(12(13)9(2)14-16)8-15-7-5-4-6-11(15)17/h3-8H2,1-2H3. The van der Waals surface area contributed by atoms with E-state index in [0.29, 0.717) is 13.0 Å². The molecule has 0 aliphatic carbocycles. The molecule has 17 heavy (non-hydrogen) atoms. The molecule has 0 atom stereocenters. The van der Waals surface area contributed by atoms with Crippen molar-refractivity contribution in [3.63, 3.8) is 0 Å². The fraction of sp³-hybridized carbons (Fsp3) is 0.667. The summed E-state index contributed by atoms with van der Waals surface area (Å²) in [7, 11) is 0. The van der Waals surface area contributed by atoms with Crippen LogP contribution < -0.4 is 0 Å². The molecular formula is C12H18BrN3O. The van der Waals surface area contributed by atoms with E-state index in [-0.39, 0.29) is 5.91 Å². The first-order valence-electron chi connectivity index (χ1n) is 6.13. The van der Waals surface area contributed by atoms with Crippen LogP contribution in [0.2, 0.25) is 0 Å². The normalized spacial score (nSPS) is 16.6. The average Bonchev–Trinajstić information content (AvgIpc) is 2.59. The Bertz CT molecular complexity index is 428. The third-order valence-corrected chi connectivity index (χ3v) is 4.25. The van der Waals surface area contributed by atoms with Crippen LogP contribution in [-0.4, -0.2) is 27.1 Å². The molecule has 1 aromatic heterocycles. The van der Waals surface area contributed by atoms with Gasteiger partial charge in [-0.25, -0.2) is 0 Å². The number of carbonyl (C=O) groups is 1. The minimum Gasteiger partial charge on any atom is -0.337 e. The van der Waals surface area contributed by atoms with Gasteiger partial charge in [0.2, 0.25) is 5.91 Å². The van der Waals surface area contributed by atoms with Gasteiger partial charge in [0.05, 0.1) is 22.4 Å². The highest BCUT2D eigenvalue weighted by molar-refractivity contribution is 9.10. The minimum absolute atomic E-state index is 0.268.